The molecule has 8 heteroatoms. The summed E-state index contributed by atoms with van der Waals surface area (Å²) in [5.41, 5.74) is -2.91. The molecule has 8 nitrogen and oxygen atoms in total. The SMILES string of the molecule is C=C(C)C(=O)C(C)(C)OCCC(C)(C)OC(C)OC(C)(C)CCOC(C)(C)C(C)OC(C)(C)CCOC(C)(C)C(=O)C(=C)C. The van der Waals surface area contributed by atoms with Crippen molar-refractivity contribution in [3.05, 3.63) is 24.3 Å². The number of carbonyl (C=O) groups excluding carboxylic acids is 2. The average Bonchev–Trinajstić information content (AvgIpc) is 2.80. The van der Waals surface area contributed by atoms with Crippen LogP contribution in [0, 0.1) is 0 Å². The van der Waals surface area contributed by atoms with Gasteiger partial charge in [0.2, 0.25) is 0 Å². The van der Waals surface area contributed by atoms with Crippen LogP contribution in [0.2, 0.25) is 0 Å². The van der Waals surface area contributed by atoms with Gasteiger partial charge >= 0.3 is 0 Å². The quantitative estimate of drug-likeness (QED) is 0.0834. The van der Waals surface area contributed by atoms with E-state index in [2.05, 4.69) is 13.2 Å². The highest BCUT2D eigenvalue weighted by atomic mass is 16.7. The maximum atomic E-state index is 12.3. The van der Waals surface area contributed by atoms with Crippen LogP contribution in [0.5, 0.6) is 0 Å². The van der Waals surface area contributed by atoms with Crippen molar-refractivity contribution in [3.8, 4) is 0 Å². The van der Waals surface area contributed by atoms with Crippen LogP contribution >= 0.6 is 0 Å². The minimum absolute atomic E-state index is 0.0990. The minimum Gasteiger partial charge on any atom is -0.373 e. The number of Topliss-reactive ketones (excluding diaryl/α,β-unsaturated/α-hetero) is 2. The van der Waals surface area contributed by atoms with Crippen molar-refractivity contribution < 1.29 is 38.0 Å². The molecule has 0 aliphatic heterocycles. The highest BCUT2D eigenvalue weighted by Gasteiger charge is 2.36. The largest absolute Gasteiger partial charge is 0.373 e. The Kier molecular flexibility index (Phi) is 15.9. The zero-order chi connectivity index (χ0) is 34.9. The summed E-state index contributed by atoms with van der Waals surface area (Å²) in [6, 6.07) is 0. The molecule has 0 saturated heterocycles. The van der Waals surface area contributed by atoms with Gasteiger partial charge in [0, 0.05) is 0 Å². The predicted molar refractivity (Wildman–Crippen MR) is 178 cm³/mol. The second kappa shape index (κ2) is 16.4. The molecule has 2 atom stereocenters. The molecule has 258 valence electrons. The van der Waals surface area contributed by atoms with Gasteiger partial charge in [0.25, 0.3) is 0 Å². The van der Waals surface area contributed by atoms with Crippen molar-refractivity contribution in [2.75, 3.05) is 19.8 Å². The molecule has 0 radical (unpaired) electrons. The number of rotatable bonds is 23. The van der Waals surface area contributed by atoms with Crippen LogP contribution in [0.3, 0.4) is 0 Å². The molecule has 0 heterocycles. The predicted octanol–water partition coefficient (Wildman–Crippen LogP) is 7.95. The molecule has 0 aliphatic carbocycles. The van der Waals surface area contributed by atoms with Gasteiger partial charge in [-0.3, -0.25) is 9.59 Å². The van der Waals surface area contributed by atoms with E-state index in [0.29, 0.717) is 50.2 Å². The van der Waals surface area contributed by atoms with Gasteiger partial charge in [-0.2, -0.15) is 0 Å². The van der Waals surface area contributed by atoms with Crippen LogP contribution in [0.15, 0.2) is 24.3 Å². The summed E-state index contributed by atoms with van der Waals surface area (Å²) in [7, 11) is 0. The van der Waals surface area contributed by atoms with Crippen molar-refractivity contribution in [1.82, 2.24) is 0 Å². The summed E-state index contributed by atoms with van der Waals surface area (Å²) in [4.78, 5) is 24.6. The van der Waals surface area contributed by atoms with E-state index in [1.54, 1.807) is 41.5 Å². The van der Waals surface area contributed by atoms with Gasteiger partial charge in [0.1, 0.15) is 11.2 Å². The summed E-state index contributed by atoms with van der Waals surface area (Å²) in [5.74, 6) is -0.203. The van der Waals surface area contributed by atoms with E-state index in [-0.39, 0.29) is 17.7 Å². The van der Waals surface area contributed by atoms with E-state index in [9.17, 15) is 9.59 Å². The molecular weight excluding hydrogens is 560 g/mol. The highest BCUT2D eigenvalue weighted by molar-refractivity contribution is 6.00. The summed E-state index contributed by atoms with van der Waals surface area (Å²) >= 11 is 0. The Morgan fingerprint density at radius 3 is 1.16 bits per heavy atom. The van der Waals surface area contributed by atoms with Crippen molar-refractivity contribution in [2.24, 2.45) is 0 Å². The third-order valence-electron chi connectivity index (χ3n) is 7.83. The fourth-order valence-electron chi connectivity index (χ4n) is 4.66. The lowest BCUT2D eigenvalue weighted by molar-refractivity contribution is -0.242. The highest BCUT2D eigenvalue weighted by Crippen LogP contribution is 2.29. The van der Waals surface area contributed by atoms with Gasteiger partial charge in [-0.05, 0) is 141 Å². The number of carbonyl (C=O) groups is 2. The minimum atomic E-state index is -0.921. The van der Waals surface area contributed by atoms with Crippen LogP contribution in [0.4, 0.5) is 0 Å². The van der Waals surface area contributed by atoms with E-state index in [1.807, 2.05) is 69.2 Å². The third kappa shape index (κ3) is 15.7. The maximum Gasteiger partial charge on any atom is 0.189 e. The van der Waals surface area contributed by atoms with E-state index >= 15 is 0 Å². The van der Waals surface area contributed by atoms with E-state index in [4.69, 9.17) is 28.4 Å². The van der Waals surface area contributed by atoms with Gasteiger partial charge < -0.3 is 28.4 Å². The lowest BCUT2D eigenvalue weighted by atomic mass is 9.97. The number of hydrogen-bond acceptors (Lipinski definition) is 8. The molecule has 0 bridgehead atoms. The van der Waals surface area contributed by atoms with Crippen LogP contribution in [0.1, 0.15) is 130 Å². The Balaban J connectivity index is 4.80. The van der Waals surface area contributed by atoms with Crippen LogP contribution in [-0.4, -0.2) is 77.4 Å². The molecule has 0 rings (SSSR count). The van der Waals surface area contributed by atoms with Gasteiger partial charge in [-0.1, -0.05) is 13.2 Å². The average molecular weight is 627 g/mol. The fourth-order valence-corrected chi connectivity index (χ4v) is 4.66. The van der Waals surface area contributed by atoms with Crippen LogP contribution < -0.4 is 0 Å². The Labute approximate surface area is 269 Å². The molecule has 0 aromatic rings. The standard InChI is InChI=1S/C36H66O8/c1-25(2)29(37)35(15,16)40-23-19-31(7,8)42-27(5)34(13,14)39-22-20-32(9,10)43-28(6)44-33(11,12)21-24-41-36(17,18)30(38)26(3)4/h27-28H,1,3,19-24H2,2,4-18H3. The molecule has 2 unspecified atom stereocenters. The molecule has 0 aliphatic rings. The number of ketones is 2. The second-order valence-corrected chi connectivity index (χ2v) is 15.5. The van der Waals surface area contributed by atoms with Gasteiger partial charge in [-0.15, -0.1) is 0 Å². The third-order valence-corrected chi connectivity index (χ3v) is 7.83. The molecule has 0 amide bonds. The molecule has 0 saturated carbocycles. The van der Waals surface area contributed by atoms with Gasteiger partial charge in [0.15, 0.2) is 17.9 Å². The second-order valence-electron chi connectivity index (χ2n) is 15.5. The van der Waals surface area contributed by atoms with Crippen molar-refractivity contribution >= 4 is 11.6 Å². The summed E-state index contributed by atoms with van der Waals surface area (Å²) in [6.45, 7) is 39.1. The monoisotopic (exact) mass is 626 g/mol. The molecule has 0 aromatic heterocycles. The van der Waals surface area contributed by atoms with Crippen molar-refractivity contribution in [3.63, 3.8) is 0 Å². The first-order chi connectivity index (χ1) is 19.6. The summed E-state index contributed by atoms with van der Waals surface area (Å²) in [5, 5.41) is 0. The van der Waals surface area contributed by atoms with Crippen LogP contribution in [0.25, 0.3) is 0 Å². The van der Waals surface area contributed by atoms with E-state index in [1.165, 1.54) is 0 Å². The molecule has 44 heavy (non-hydrogen) atoms. The Morgan fingerprint density at radius 1 is 0.545 bits per heavy atom. The Hall–Kier alpha value is -1.42. The van der Waals surface area contributed by atoms with Crippen molar-refractivity contribution in [2.45, 2.75) is 176 Å². The first-order valence-electron chi connectivity index (χ1n) is 15.9. The lowest BCUT2D eigenvalue weighted by Gasteiger charge is -2.39. The first kappa shape index (κ1) is 42.6. The zero-order valence-electron chi connectivity index (χ0n) is 31.1. The maximum absolute atomic E-state index is 12.3. The van der Waals surface area contributed by atoms with Crippen LogP contribution in [-0.2, 0) is 38.0 Å². The smallest absolute Gasteiger partial charge is 0.189 e. The Bertz CT molecular complexity index is 971. The van der Waals surface area contributed by atoms with E-state index < -0.39 is 39.9 Å². The number of hydrogen-bond donors (Lipinski definition) is 0. The topological polar surface area (TPSA) is 89.5 Å². The zero-order valence-corrected chi connectivity index (χ0v) is 31.1. The first-order valence-corrected chi connectivity index (χ1v) is 15.9. The molecule has 0 aromatic carbocycles. The summed E-state index contributed by atoms with van der Waals surface area (Å²) < 4.78 is 37.0. The molecule has 0 fully saturated rings. The fraction of sp³-hybridized carbons (Fsp3) is 0.833. The van der Waals surface area contributed by atoms with Crippen molar-refractivity contribution in [1.29, 1.82) is 0 Å². The normalized spacial score (nSPS) is 15.2. The number of ether oxygens (including phenoxy) is 6. The Morgan fingerprint density at radius 2 is 0.841 bits per heavy atom. The van der Waals surface area contributed by atoms with E-state index in [0.717, 1.165) is 0 Å². The summed E-state index contributed by atoms with van der Waals surface area (Å²) in [6.07, 6.45) is 1.20. The lowest BCUT2D eigenvalue weighted by Crippen LogP contribution is -2.45. The van der Waals surface area contributed by atoms with Gasteiger partial charge in [-0.25, -0.2) is 0 Å². The van der Waals surface area contributed by atoms with Gasteiger partial charge in [0.05, 0.1) is 48.3 Å². The molecule has 0 N–H and O–H groups in total. The molecular formula is C36H66O8. The molecule has 0 spiro atoms.